The van der Waals surface area contributed by atoms with E-state index in [4.69, 9.17) is 0 Å². The molecule has 1 nitrogen and oxygen atoms in total. The molecule has 18 heavy (non-hydrogen) atoms. The van der Waals surface area contributed by atoms with Crippen molar-refractivity contribution in [1.82, 2.24) is 4.90 Å². The summed E-state index contributed by atoms with van der Waals surface area (Å²) in [6.45, 7) is 21.7. The third-order valence-electron chi connectivity index (χ3n) is 5.22. The molecule has 2 unspecified atom stereocenters. The Morgan fingerprint density at radius 2 is 1.22 bits per heavy atom. The van der Waals surface area contributed by atoms with E-state index in [1.165, 1.54) is 36.2 Å². The van der Waals surface area contributed by atoms with Gasteiger partial charge >= 0.3 is 0 Å². The number of nitrogens with zero attached hydrogens (tertiary/aromatic N) is 1. The molecule has 2 heteroatoms. The van der Waals surface area contributed by atoms with Crippen molar-refractivity contribution in [3.8, 4) is 0 Å². The summed E-state index contributed by atoms with van der Waals surface area (Å²) in [5.74, 6) is 1.53. The predicted molar refractivity (Wildman–Crippen MR) is 88.5 cm³/mol. The zero-order valence-corrected chi connectivity index (χ0v) is 16.4. The third kappa shape index (κ3) is 3.01. The van der Waals surface area contributed by atoms with E-state index in [0.29, 0.717) is 10.6 Å². The molecule has 110 valence electrons. The first-order chi connectivity index (χ1) is 8.23. The van der Waals surface area contributed by atoms with Crippen molar-refractivity contribution in [1.29, 1.82) is 0 Å². The van der Waals surface area contributed by atoms with Crippen molar-refractivity contribution < 1.29 is 0 Å². The van der Waals surface area contributed by atoms with Gasteiger partial charge in [0.2, 0.25) is 0 Å². The lowest BCUT2D eigenvalue weighted by atomic mass is 9.64. The molecular formula is C16H37NSi. The van der Waals surface area contributed by atoms with Crippen LogP contribution in [0.4, 0.5) is 0 Å². The van der Waals surface area contributed by atoms with Crippen molar-refractivity contribution in [3.63, 3.8) is 0 Å². The van der Waals surface area contributed by atoms with Crippen molar-refractivity contribution in [2.45, 2.75) is 78.8 Å². The smallest absolute Gasteiger partial charge is 0.0278 e. The Morgan fingerprint density at radius 1 is 0.889 bits per heavy atom. The summed E-state index contributed by atoms with van der Waals surface area (Å²) in [5, 5.41) is 0.448. The maximum absolute atomic E-state index is 2.77. The van der Waals surface area contributed by atoms with E-state index in [9.17, 15) is 0 Å². The first-order valence-corrected chi connectivity index (χ1v) is 8.98. The van der Waals surface area contributed by atoms with Crippen LogP contribution in [0.1, 0.15) is 68.2 Å². The fourth-order valence-electron chi connectivity index (χ4n) is 4.43. The SMILES string of the molecule is CCC(C)C(C(C)CC)(N(CC)CC)C(C)(C)[SiH3]. The van der Waals surface area contributed by atoms with Crippen LogP contribution in [0.2, 0.25) is 5.04 Å². The quantitative estimate of drug-likeness (QED) is 0.608. The second-order valence-electron chi connectivity index (χ2n) is 6.87. The summed E-state index contributed by atoms with van der Waals surface area (Å²) in [6.07, 6.45) is 2.57. The second-order valence-corrected chi connectivity index (χ2v) is 9.37. The Kier molecular flexibility index (Phi) is 7.16. The normalized spacial score (nSPS) is 19.8. The van der Waals surface area contributed by atoms with E-state index in [-0.39, 0.29) is 0 Å². The predicted octanol–water partition coefficient (Wildman–Crippen LogP) is 3.72. The van der Waals surface area contributed by atoms with Gasteiger partial charge in [0, 0.05) is 15.8 Å². The molecule has 0 saturated carbocycles. The lowest BCUT2D eigenvalue weighted by Crippen LogP contribution is -2.63. The standard InChI is InChI=1S/C16H37NSi/c1-9-13(5)16(14(6)10-2,15(7,8)18)17(11-3)12-4/h13-14H,9-12H2,1-8,18H3. The largest absolute Gasteiger partial charge is 0.297 e. The van der Waals surface area contributed by atoms with Crippen LogP contribution in [0.25, 0.3) is 0 Å². The number of hydrogen-bond donors (Lipinski definition) is 0. The molecule has 0 aliphatic carbocycles. The minimum absolute atomic E-state index is 0.367. The Hall–Kier alpha value is 0.177. The zero-order valence-electron chi connectivity index (χ0n) is 14.4. The van der Waals surface area contributed by atoms with E-state index >= 15 is 0 Å². The lowest BCUT2D eigenvalue weighted by Gasteiger charge is -2.59. The highest BCUT2D eigenvalue weighted by atomic mass is 28.1. The van der Waals surface area contributed by atoms with Crippen molar-refractivity contribution in [3.05, 3.63) is 0 Å². The average Bonchev–Trinajstić information content (AvgIpc) is 2.32. The molecule has 0 spiro atoms. The minimum atomic E-state index is 0.367. The van der Waals surface area contributed by atoms with Crippen LogP contribution in [-0.4, -0.2) is 33.8 Å². The van der Waals surface area contributed by atoms with Crippen LogP contribution in [0.3, 0.4) is 0 Å². The molecule has 0 aliphatic rings. The van der Waals surface area contributed by atoms with Gasteiger partial charge in [-0.25, -0.2) is 0 Å². The highest BCUT2D eigenvalue weighted by Gasteiger charge is 2.51. The monoisotopic (exact) mass is 271 g/mol. The van der Waals surface area contributed by atoms with E-state index < -0.39 is 0 Å². The molecule has 0 fully saturated rings. The summed E-state index contributed by atoms with van der Waals surface area (Å²) < 4.78 is 0. The van der Waals surface area contributed by atoms with Gasteiger partial charge in [-0.15, -0.1) is 0 Å². The highest BCUT2D eigenvalue weighted by Crippen LogP contribution is 2.51. The molecule has 0 N–H and O–H groups in total. The number of hydrogen-bond acceptors (Lipinski definition) is 1. The highest BCUT2D eigenvalue weighted by molar-refractivity contribution is 6.15. The van der Waals surface area contributed by atoms with E-state index in [1.807, 2.05) is 0 Å². The Bertz CT molecular complexity index is 218. The molecule has 0 aromatic rings. The maximum atomic E-state index is 2.77. The van der Waals surface area contributed by atoms with Gasteiger partial charge in [-0.1, -0.05) is 68.2 Å². The Labute approximate surface area is 119 Å². The summed E-state index contributed by atoms with van der Waals surface area (Å²) in [7, 11) is 1.26. The van der Waals surface area contributed by atoms with Crippen LogP contribution >= 0.6 is 0 Å². The van der Waals surface area contributed by atoms with Crippen LogP contribution in [0.15, 0.2) is 0 Å². The van der Waals surface area contributed by atoms with Gasteiger partial charge < -0.3 is 0 Å². The minimum Gasteiger partial charge on any atom is -0.297 e. The molecule has 0 amide bonds. The number of rotatable bonds is 8. The molecule has 0 aromatic carbocycles. The topological polar surface area (TPSA) is 3.24 Å². The van der Waals surface area contributed by atoms with Gasteiger partial charge in [0.05, 0.1) is 0 Å². The van der Waals surface area contributed by atoms with E-state index in [0.717, 1.165) is 11.8 Å². The maximum Gasteiger partial charge on any atom is 0.0278 e. The summed E-state index contributed by atoms with van der Waals surface area (Å²) >= 11 is 0. The molecule has 0 aliphatic heterocycles. The second kappa shape index (κ2) is 7.09. The summed E-state index contributed by atoms with van der Waals surface area (Å²) in [5.41, 5.74) is 0.367. The molecular weight excluding hydrogens is 234 g/mol. The van der Waals surface area contributed by atoms with Gasteiger partial charge in [0.15, 0.2) is 0 Å². The van der Waals surface area contributed by atoms with Crippen LogP contribution in [0, 0.1) is 11.8 Å². The summed E-state index contributed by atoms with van der Waals surface area (Å²) in [6, 6.07) is 0. The lowest BCUT2D eigenvalue weighted by molar-refractivity contribution is -0.0353. The molecule has 0 heterocycles. The summed E-state index contributed by atoms with van der Waals surface area (Å²) in [4.78, 5) is 2.77. The van der Waals surface area contributed by atoms with Crippen molar-refractivity contribution in [2.24, 2.45) is 11.8 Å². The zero-order chi connectivity index (χ0) is 14.6. The Balaban J connectivity index is 5.85. The Morgan fingerprint density at radius 3 is 1.39 bits per heavy atom. The van der Waals surface area contributed by atoms with Crippen molar-refractivity contribution >= 4 is 10.2 Å². The molecule has 0 radical (unpaired) electrons. The van der Waals surface area contributed by atoms with E-state index in [1.54, 1.807) is 0 Å². The molecule has 2 atom stereocenters. The molecule has 0 bridgehead atoms. The third-order valence-corrected chi connectivity index (χ3v) is 6.02. The molecule has 0 rings (SSSR count). The first kappa shape index (κ1) is 18.2. The van der Waals surface area contributed by atoms with Crippen molar-refractivity contribution in [2.75, 3.05) is 13.1 Å². The van der Waals surface area contributed by atoms with Gasteiger partial charge in [-0.3, -0.25) is 4.90 Å². The van der Waals surface area contributed by atoms with Gasteiger partial charge in [0.25, 0.3) is 0 Å². The van der Waals surface area contributed by atoms with Gasteiger partial charge in [-0.05, 0) is 30.0 Å². The van der Waals surface area contributed by atoms with Crippen LogP contribution < -0.4 is 0 Å². The van der Waals surface area contributed by atoms with Crippen LogP contribution in [0.5, 0.6) is 0 Å². The van der Waals surface area contributed by atoms with Crippen LogP contribution in [-0.2, 0) is 0 Å². The molecule has 0 aromatic heterocycles. The van der Waals surface area contributed by atoms with Gasteiger partial charge in [-0.2, -0.15) is 0 Å². The van der Waals surface area contributed by atoms with Gasteiger partial charge in [0.1, 0.15) is 0 Å². The fourth-order valence-corrected chi connectivity index (χ4v) is 5.73. The first-order valence-electron chi connectivity index (χ1n) is 7.98. The van der Waals surface area contributed by atoms with E-state index in [2.05, 4.69) is 60.3 Å². The molecule has 0 saturated heterocycles. The fraction of sp³-hybridized carbons (Fsp3) is 1.00. The average molecular weight is 272 g/mol.